The van der Waals surface area contributed by atoms with Gasteiger partial charge in [-0.3, -0.25) is 13.9 Å². The van der Waals surface area contributed by atoms with E-state index in [0.29, 0.717) is 40.0 Å². The van der Waals surface area contributed by atoms with Crippen LogP contribution in [0, 0.1) is 0 Å². The van der Waals surface area contributed by atoms with Gasteiger partial charge in [0.1, 0.15) is 18.0 Å². The van der Waals surface area contributed by atoms with Gasteiger partial charge in [-0.05, 0) is 42.5 Å². The molecule has 0 aliphatic rings. The second kappa shape index (κ2) is 11.9. The predicted molar refractivity (Wildman–Crippen MR) is 144 cm³/mol. The smallest absolute Gasteiger partial charge is 0.416 e. The van der Waals surface area contributed by atoms with E-state index in [1.165, 1.54) is 19.2 Å². The molecular formula is C29H24F3NO7S. The summed E-state index contributed by atoms with van der Waals surface area (Å²) >= 11 is 0. The summed E-state index contributed by atoms with van der Waals surface area (Å²) in [5.41, 5.74) is -0.388. The Morgan fingerprint density at radius 3 is 2.00 bits per heavy atom. The molecule has 4 rings (SSSR count). The van der Waals surface area contributed by atoms with Crippen LogP contribution in [0.4, 0.5) is 18.9 Å². The van der Waals surface area contributed by atoms with Crippen molar-refractivity contribution in [2.75, 3.05) is 25.1 Å². The van der Waals surface area contributed by atoms with E-state index < -0.39 is 45.1 Å². The monoisotopic (exact) mass is 587 g/mol. The number of carbonyl (C=O) groups is 2. The zero-order valence-electron chi connectivity index (χ0n) is 21.8. The summed E-state index contributed by atoms with van der Waals surface area (Å²) in [6.07, 6.45) is -4.70. The lowest BCUT2D eigenvalue weighted by atomic mass is 10.1. The number of hydrogen-bond donors (Lipinski definition) is 0. The fraction of sp³-hybridized carbons (Fsp3) is 0.172. The van der Waals surface area contributed by atoms with Gasteiger partial charge in [-0.15, -0.1) is 0 Å². The van der Waals surface area contributed by atoms with E-state index in [-0.39, 0.29) is 12.1 Å². The average Bonchev–Trinajstić information content (AvgIpc) is 2.96. The van der Waals surface area contributed by atoms with E-state index >= 15 is 0 Å². The van der Waals surface area contributed by atoms with Crippen molar-refractivity contribution in [1.82, 2.24) is 0 Å². The average molecular weight is 588 g/mol. The number of sulfonamides is 1. The number of benzene rings is 4. The first-order valence-electron chi connectivity index (χ1n) is 12.1. The molecule has 4 aromatic carbocycles. The Kier molecular flexibility index (Phi) is 8.52. The number of alkyl halides is 3. The molecule has 0 saturated heterocycles. The van der Waals surface area contributed by atoms with Crippen molar-refractivity contribution in [3.8, 4) is 11.5 Å². The van der Waals surface area contributed by atoms with Crippen LogP contribution < -0.4 is 9.04 Å². The minimum absolute atomic E-state index is 0.0407. The van der Waals surface area contributed by atoms with Crippen molar-refractivity contribution >= 4 is 38.4 Å². The third-order valence-corrected chi connectivity index (χ3v) is 7.93. The molecule has 0 amide bonds. The van der Waals surface area contributed by atoms with Crippen LogP contribution in [0.1, 0.15) is 11.1 Å². The van der Waals surface area contributed by atoms with Crippen molar-refractivity contribution in [1.29, 1.82) is 0 Å². The molecule has 0 unspecified atom stereocenters. The molecule has 0 spiro atoms. The Balaban J connectivity index is 1.81. The van der Waals surface area contributed by atoms with Crippen LogP contribution in [0.5, 0.6) is 11.5 Å². The number of halogens is 3. The van der Waals surface area contributed by atoms with Crippen LogP contribution in [-0.4, -0.2) is 41.1 Å². The fourth-order valence-corrected chi connectivity index (χ4v) is 5.51. The SMILES string of the molecule is COC(=O)Cc1ccccc1Oc1ccc(N(CC(=O)OC)S(=O)(=O)c2ccc(C(F)(F)F)cc2)c2ccccc12. The summed E-state index contributed by atoms with van der Waals surface area (Å²) in [6, 6.07) is 19.4. The van der Waals surface area contributed by atoms with Gasteiger partial charge < -0.3 is 14.2 Å². The summed E-state index contributed by atoms with van der Waals surface area (Å²) < 4.78 is 83.0. The van der Waals surface area contributed by atoms with Crippen LogP contribution in [0.3, 0.4) is 0 Å². The maximum absolute atomic E-state index is 13.7. The minimum atomic E-state index is -4.66. The highest BCUT2D eigenvalue weighted by Crippen LogP contribution is 2.39. The van der Waals surface area contributed by atoms with Gasteiger partial charge in [-0.1, -0.05) is 42.5 Å². The summed E-state index contributed by atoms with van der Waals surface area (Å²) in [5.74, 6) is -0.652. The first-order valence-corrected chi connectivity index (χ1v) is 13.5. The van der Waals surface area contributed by atoms with Crippen molar-refractivity contribution in [2.24, 2.45) is 0 Å². The van der Waals surface area contributed by atoms with Crippen LogP contribution in [0.25, 0.3) is 10.8 Å². The number of hydrogen-bond acceptors (Lipinski definition) is 7. The second-order valence-electron chi connectivity index (χ2n) is 8.70. The first-order chi connectivity index (χ1) is 19.5. The van der Waals surface area contributed by atoms with E-state index in [1.54, 1.807) is 48.5 Å². The quantitative estimate of drug-likeness (QED) is 0.231. The highest BCUT2D eigenvalue weighted by atomic mass is 32.2. The predicted octanol–water partition coefficient (Wildman–Crippen LogP) is 5.73. The number of ether oxygens (including phenoxy) is 3. The maximum atomic E-state index is 13.7. The van der Waals surface area contributed by atoms with Gasteiger partial charge >= 0.3 is 18.1 Å². The maximum Gasteiger partial charge on any atom is 0.416 e. The largest absolute Gasteiger partial charge is 0.469 e. The first kappa shape index (κ1) is 29.4. The van der Waals surface area contributed by atoms with Gasteiger partial charge in [0.25, 0.3) is 10.0 Å². The number of carbonyl (C=O) groups excluding carboxylic acids is 2. The molecule has 0 bridgehead atoms. The van der Waals surface area contributed by atoms with Gasteiger partial charge in [-0.2, -0.15) is 13.2 Å². The van der Waals surface area contributed by atoms with Crippen LogP contribution in [0.15, 0.2) is 89.8 Å². The van der Waals surface area contributed by atoms with Crippen molar-refractivity contribution in [3.63, 3.8) is 0 Å². The number of fused-ring (bicyclic) bond motifs is 1. The molecule has 0 aliphatic heterocycles. The molecule has 0 aromatic heterocycles. The molecule has 4 aromatic rings. The lowest BCUT2D eigenvalue weighted by Gasteiger charge is -2.25. The Morgan fingerprint density at radius 2 is 1.37 bits per heavy atom. The third-order valence-electron chi connectivity index (χ3n) is 6.15. The Labute approximate surface area is 233 Å². The lowest BCUT2D eigenvalue weighted by molar-refractivity contribution is -0.140. The molecule has 41 heavy (non-hydrogen) atoms. The standard InChI is InChI=1S/C29H24F3NO7S/c1-38-27(34)17-19-7-3-6-10-25(19)40-26-16-15-24(22-8-4-5-9-23(22)26)33(18-28(35)39-2)41(36,37)21-13-11-20(12-14-21)29(30,31)32/h3-16H,17-18H2,1-2H3. The zero-order chi connectivity index (χ0) is 29.8. The summed E-state index contributed by atoms with van der Waals surface area (Å²) in [4.78, 5) is 23.7. The molecule has 0 atom stereocenters. The summed E-state index contributed by atoms with van der Waals surface area (Å²) in [5, 5.41) is 0.838. The van der Waals surface area contributed by atoms with E-state index in [4.69, 9.17) is 14.2 Å². The third kappa shape index (κ3) is 6.43. The minimum Gasteiger partial charge on any atom is -0.469 e. The van der Waals surface area contributed by atoms with Crippen molar-refractivity contribution in [2.45, 2.75) is 17.5 Å². The topological polar surface area (TPSA) is 99.2 Å². The zero-order valence-corrected chi connectivity index (χ0v) is 22.7. The van der Waals surface area contributed by atoms with Gasteiger partial charge in [0.05, 0.1) is 36.8 Å². The number of methoxy groups -OCH3 is 2. The molecule has 0 radical (unpaired) electrons. The van der Waals surface area contributed by atoms with Crippen LogP contribution in [0.2, 0.25) is 0 Å². The van der Waals surface area contributed by atoms with Gasteiger partial charge in [0.15, 0.2) is 0 Å². The molecule has 0 N–H and O–H groups in total. The lowest BCUT2D eigenvalue weighted by Crippen LogP contribution is -2.36. The molecule has 8 nitrogen and oxygen atoms in total. The Bertz CT molecular complexity index is 1690. The normalized spacial score (nSPS) is 11.6. The van der Waals surface area contributed by atoms with Gasteiger partial charge in [-0.25, -0.2) is 8.42 Å². The molecule has 0 saturated carbocycles. The highest BCUT2D eigenvalue weighted by molar-refractivity contribution is 7.92. The second-order valence-corrected chi connectivity index (χ2v) is 10.6. The molecule has 0 heterocycles. The van der Waals surface area contributed by atoms with E-state index in [2.05, 4.69) is 0 Å². The molecular weight excluding hydrogens is 563 g/mol. The molecule has 0 fully saturated rings. The molecule has 12 heteroatoms. The number of anilines is 1. The number of nitrogens with zero attached hydrogens (tertiary/aromatic N) is 1. The Hall–Kier alpha value is -4.58. The fourth-order valence-electron chi connectivity index (χ4n) is 4.08. The van der Waals surface area contributed by atoms with E-state index in [1.807, 2.05) is 0 Å². The summed E-state index contributed by atoms with van der Waals surface area (Å²) in [7, 11) is -2.17. The van der Waals surface area contributed by atoms with Crippen molar-refractivity contribution in [3.05, 3.63) is 96.1 Å². The Morgan fingerprint density at radius 1 is 0.756 bits per heavy atom. The van der Waals surface area contributed by atoms with Gasteiger partial charge in [0.2, 0.25) is 0 Å². The van der Waals surface area contributed by atoms with Crippen LogP contribution in [-0.2, 0) is 41.7 Å². The molecule has 214 valence electrons. The van der Waals surface area contributed by atoms with E-state index in [0.717, 1.165) is 23.5 Å². The highest BCUT2D eigenvalue weighted by Gasteiger charge is 2.33. The number of esters is 2. The summed E-state index contributed by atoms with van der Waals surface area (Å²) in [6.45, 7) is -0.744. The van der Waals surface area contributed by atoms with Crippen molar-refractivity contribution < 1.29 is 45.4 Å². The van der Waals surface area contributed by atoms with Gasteiger partial charge in [0, 0.05) is 16.3 Å². The number of para-hydroxylation sites is 1. The number of rotatable bonds is 9. The van der Waals surface area contributed by atoms with Crippen LogP contribution >= 0.6 is 0 Å². The molecule has 0 aliphatic carbocycles. The van der Waals surface area contributed by atoms with E-state index in [9.17, 15) is 31.2 Å².